The zero-order chi connectivity index (χ0) is 59.7. The molecule has 7 unspecified atom stereocenters. The van der Waals surface area contributed by atoms with E-state index in [0.29, 0.717) is 12.8 Å². The van der Waals surface area contributed by atoms with Gasteiger partial charge in [0.2, 0.25) is 5.91 Å². The van der Waals surface area contributed by atoms with Crippen molar-refractivity contribution in [3.8, 4) is 0 Å². The van der Waals surface area contributed by atoms with E-state index in [1.807, 2.05) is 0 Å². The average Bonchev–Trinajstić information content (AvgIpc) is 3.60. The highest BCUT2D eigenvalue weighted by molar-refractivity contribution is 7.80. The summed E-state index contributed by atoms with van der Waals surface area (Å²) >= 11 is 0. The number of amides is 1. The molecule has 0 aromatic carbocycles. The number of aliphatic hydroxyl groups is 4. The zero-order valence-corrected chi connectivity index (χ0v) is 54.4. The molecule has 0 saturated carbocycles. The van der Waals surface area contributed by atoms with Gasteiger partial charge in [-0.3, -0.25) is 9.35 Å². The number of ether oxygens (including phenoxy) is 2. The second kappa shape index (κ2) is 58.8. The van der Waals surface area contributed by atoms with E-state index in [2.05, 4.69) is 35.5 Å². The highest BCUT2D eigenvalue weighted by atomic mass is 32.3. The van der Waals surface area contributed by atoms with Crippen LogP contribution in [0, 0.1) is 0 Å². The van der Waals surface area contributed by atoms with Gasteiger partial charge < -0.3 is 35.2 Å². The standard InChI is InChI=1S/C69H135NO11S/c1-3-5-7-9-11-13-15-17-19-21-23-25-27-29-30-31-32-33-35-37-39-41-43-45-47-49-51-53-55-57-59-65(73)70-62(61-79-69-67(75)68(81-82(76,77)78)66(74)64(60-71)80-69)63(72)58-56-54-52-50-48-46-44-42-40-38-36-34-28-26-24-22-20-18-16-14-12-10-8-6-4-2/h29-30,62-64,66-69,71-72,74-75H,3-28,31-61H2,1-2H3,(H,70,73)(H,76,77,78)/b30-29-. The minimum atomic E-state index is -5.08. The molecule has 0 spiro atoms. The Bertz CT molecular complexity index is 1490. The number of aliphatic hydroxyl groups excluding tert-OH is 4. The molecule has 1 aliphatic rings. The van der Waals surface area contributed by atoms with Gasteiger partial charge in [0.15, 0.2) is 6.29 Å². The molecule has 1 amide bonds. The monoisotopic (exact) mass is 1190 g/mol. The molecular weight excluding hydrogens is 1050 g/mol. The fourth-order valence-electron chi connectivity index (χ4n) is 11.9. The van der Waals surface area contributed by atoms with E-state index in [9.17, 15) is 38.2 Å². The molecule has 82 heavy (non-hydrogen) atoms. The van der Waals surface area contributed by atoms with E-state index in [4.69, 9.17) is 9.47 Å². The lowest BCUT2D eigenvalue weighted by Crippen LogP contribution is -2.61. The van der Waals surface area contributed by atoms with Crippen LogP contribution in [0.5, 0.6) is 0 Å². The smallest absolute Gasteiger partial charge is 0.394 e. The topological polar surface area (TPSA) is 192 Å². The van der Waals surface area contributed by atoms with Gasteiger partial charge in [-0.25, -0.2) is 4.18 Å². The van der Waals surface area contributed by atoms with Crippen molar-refractivity contribution in [3.63, 3.8) is 0 Å². The third kappa shape index (κ3) is 49.9. The van der Waals surface area contributed by atoms with Gasteiger partial charge in [0.05, 0.1) is 25.4 Å². The van der Waals surface area contributed by atoms with Gasteiger partial charge in [0.25, 0.3) is 0 Å². The number of rotatable bonds is 64. The van der Waals surface area contributed by atoms with Crippen LogP contribution in [0.25, 0.3) is 0 Å². The number of carbonyl (C=O) groups is 1. The Morgan fingerprint density at radius 2 is 0.780 bits per heavy atom. The van der Waals surface area contributed by atoms with Crippen LogP contribution < -0.4 is 5.32 Å². The summed E-state index contributed by atoms with van der Waals surface area (Å²) in [5, 5.41) is 45.4. The minimum absolute atomic E-state index is 0.221. The van der Waals surface area contributed by atoms with Crippen molar-refractivity contribution in [2.75, 3.05) is 13.2 Å². The maximum atomic E-state index is 13.2. The highest BCUT2D eigenvalue weighted by Gasteiger charge is 2.48. The number of carbonyl (C=O) groups excluding carboxylic acids is 1. The van der Waals surface area contributed by atoms with Gasteiger partial charge in [-0.1, -0.05) is 334 Å². The number of hydrogen-bond acceptors (Lipinski definition) is 10. The Morgan fingerprint density at radius 1 is 0.476 bits per heavy atom. The minimum Gasteiger partial charge on any atom is -0.394 e. The van der Waals surface area contributed by atoms with E-state index in [1.165, 1.54) is 289 Å². The van der Waals surface area contributed by atoms with Crippen molar-refractivity contribution in [3.05, 3.63) is 12.2 Å². The van der Waals surface area contributed by atoms with Crippen LogP contribution in [-0.4, -0.2) is 95.4 Å². The third-order valence-electron chi connectivity index (χ3n) is 17.3. The Kier molecular flexibility index (Phi) is 56.6. The molecule has 1 rings (SSSR count). The largest absolute Gasteiger partial charge is 0.397 e. The fraction of sp³-hybridized carbons (Fsp3) is 0.957. The first-order valence-electron chi connectivity index (χ1n) is 35.6. The van der Waals surface area contributed by atoms with Gasteiger partial charge in [-0.15, -0.1) is 0 Å². The number of unbranched alkanes of at least 4 members (excludes halogenated alkanes) is 50. The average molecular weight is 1190 g/mol. The van der Waals surface area contributed by atoms with Crippen LogP contribution in [-0.2, 0) is 28.9 Å². The van der Waals surface area contributed by atoms with Gasteiger partial charge >= 0.3 is 10.4 Å². The van der Waals surface area contributed by atoms with Crippen molar-refractivity contribution in [2.24, 2.45) is 0 Å². The quantitative estimate of drug-likeness (QED) is 0.0193. The summed E-state index contributed by atoms with van der Waals surface area (Å²) in [5.41, 5.74) is 0. The lowest BCUT2D eigenvalue weighted by Gasteiger charge is -2.41. The van der Waals surface area contributed by atoms with Crippen molar-refractivity contribution >= 4 is 16.3 Å². The molecule has 0 aliphatic carbocycles. The molecule has 13 heteroatoms. The maximum Gasteiger partial charge on any atom is 0.397 e. The number of allylic oxidation sites excluding steroid dienone is 2. The molecule has 0 bridgehead atoms. The molecule has 1 fully saturated rings. The van der Waals surface area contributed by atoms with Crippen molar-refractivity contribution in [1.82, 2.24) is 5.32 Å². The molecule has 1 heterocycles. The zero-order valence-electron chi connectivity index (χ0n) is 53.6. The molecule has 488 valence electrons. The Labute approximate surface area is 506 Å². The molecule has 0 aromatic heterocycles. The SMILES string of the molecule is CCCCCCCCCCCCCC/C=C\CCCCCCCCCCCCCCCCC(=O)NC(COC1OC(CO)C(O)C(OS(=O)(=O)O)C1O)C(O)CCCCCCCCCCCCCCCCCCCCCCCCCCC. The molecule has 1 saturated heterocycles. The summed E-state index contributed by atoms with van der Waals surface area (Å²) in [7, 11) is -5.08. The third-order valence-corrected chi connectivity index (χ3v) is 17.8. The van der Waals surface area contributed by atoms with E-state index >= 15 is 0 Å². The lowest BCUT2D eigenvalue weighted by molar-refractivity contribution is -0.298. The summed E-state index contributed by atoms with van der Waals surface area (Å²) in [6, 6.07) is -0.857. The van der Waals surface area contributed by atoms with Crippen LogP contribution in [0.3, 0.4) is 0 Å². The Morgan fingerprint density at radius 3 is 1.10 bits per heavy atom. The maximum absolute atomic E-state index is 13.2. The first-order valence-corrected chi connectivity index (χ1v) is 36.9. The van der Waals surface area contributed by atoms with Crippen molar-refractivity contribution in [2.45, 2.75) is 410 Å². The van der Waals surface area contributed by atoms with Crippen LogP contribution in [0.1, 0.15) is 367 Å². The first kappa shape index (κ1) is 78.9. The van der Waals surface area contributed by atoms with E-state index < -0.39 is 59.9 Å². The van der Waals surface area contributed by atoms with Crippen molar-refractivity contribution < 1.29 is 51.8 Å². The summed E-state index contributed by atoms with van der Waals surface area (Å²) in [5.74, 6) is -0.221. The summed E-state index contributed by atoms with van der Waals surface area (Å²) < 4.78 is 48.1. The molecule has 1 aliphatic heterocycles. The van der Waals surface area contributed by atoms with E-state index in [1.54, 1.807) is 0 Å². The Balaban J connectivity index is 2.23. The number of hydrogen-bond donors (Lipinski definition) is 6. The molecular formula is C69H135NO11S. The first-order chi connectivity index (χ1) is 40.0. The second-order valence-corrected chi connectivity index (χ2v) is 26.2. The van der Waals surface area contributed by atoms with Crippen LogP contribution in [0.4, 0.5) is 0 Å². The van der Waals surface area contributed by atoms with Crippen LogP contribution in [0.2, 0.25) is 0 Å². The molecule has 7 atom stereocenters. The summed E-state index contributed by atoms with van der Waals surface area (Å²) in [6.07, 6.45) is 65.3. The molecule has 0 radical (unpaired) electrons. The van der Waals surface area contributed by atoms with Gasteiger partial charge in [-0.05, 0) is 38.5 Å². The predicted molar refractivity (Wildman–Crippen MR) is 342 cm³/mol. The van der Waals surface area contributed by atoms with Gasteiger partial charge in [0, 0.05) is 6.42 Å². The fourth-order valence-corrected chi connectivity index (χ4v) is 12.4. The van der Waals surface area contributed by atoms with Crippen LogP contribution in [0.15, 0.2) is 12.2 Å². The summed E-state index contributed by atoms with van der Waals surface area (Å²) in [4.78, 5) is 13.2. The summed E-state index contributed by atoms with van der Waals surface area (Å²) in [6.45, 7) is 3.53. The molecule has 6 N–H and O–H groups in total. The van der Waals surface area contributed by atoms with E-state index in [-0.39, 0.29) is 12.5 Å². The predicted octanol–water partition coefficient (Wildman–Crippen LogP) is 18.5. The second-order valence-electron chi connectivity index (χ2n) is 25.2. The van der Waals surface area contributed by atoms with Crippen molar-refractivity contribution in [1.29, 1.82) is 0 Å². The number of nitrogens with one attached hydrogen (secondary N) is 1. The normalized spacial score (nSPS) is 18.5. The van der Waals surface area contributed by atoms with Gasteiger partial charge in [-0.2, -0.15) is 8.42 Å². The highest BCUT2D eigenvalue weighted by Crippen LogP contribution is 2.27. The van der Waals surface area contributed by atoms with Crippen LogP contribution >= 0.6 is 0 Å². The molecule has 0 aromatic rings. The Hall–Kier alpha value is -1.16. The van der Waals surface area contributed by atoms with E-state index in [0.717, 1.165) is 51.4 Å². The van der Waals surface area contributed by atoms with Gasteiger partial charge in [0.1, 0.15) is 24.4 Å². The molecule has 12 nitrogen and oxygen atoms in total. The lowest BCUT2D eigenvalue weighted by atomic mass is 9.99.